The molecule has 1 atom stereocenters. The summed E-state index contributed by atoms with van der Waals surface area (Å²) < 4.78 is 47.7. The number of pyridine rings is 1. The van der Waals surface area contributed by atoms with Gasteiger partial charge < -0.3 is 19.2 Å². The van der Waals surface area contributed by atoms with Gasteiger partial charge in [-0.2, -0.15) is 4.31 Å². The van der Waals surface area contributed by atoms with Crippen molar-refractivity contribution in [2.24, 2.45) is 0 Å². The van der Waals surface area contributed by atoms with Crippen LogP contribution in [0.4, 0.5) is 20.2 Å². The van der Waals surface area contributed by atoms with Gasteiger partial charge in [0.05, 0.1) is 30.1 Å². The zero-order chi connectivity index (χ0) is 26.0. The molecule has 1 aliphatic heterocycles. The van der Waals surface area contributed by atoms with Crippen LogP contribution in [0, 0.1) is 11.6 Å². The Balaban J connectivity index is 1.54. The molecule has 12 heteroatoms. The van der Waals surface area contributed by atoms with Crippen LogP contribution in [0.2, 0.25) is 5.02 Å². The van der Waals surface area contributed by atoms with Gasteiger partial charge in [0.25, 0.3) is 5.56 Å². The lowest BCUT2D eigenvalue weighted by atomic mass is 10.1. The normalized spacial score (nSPS) is 13.6. The molecule has 8 nitrogen and oxygen atoms in total. The Bertz CT molecular complexity index is 1350. The van der Waals surface area contributed by atoms with E-state index in [0.29, 0.717) is 11.4 Å². The summed E-state index contributed by atoms with van der Waals surface area (Å²) in [5, 5.41) is 2.64. The highest BCUT2D eigenvalue weighted by Gasteiger charge is 2.35. The molecule has 0 saturated carbocycles. The fraction of sp³-hybridized carbons (Fsp3) is 0.250. The first-order chi connectivity index (χ1) is 17.2. The third-order valence-electron chi connectivity index (χ3n) is 5.63. The van der Waals surface area contributed by atoms with Crippen molar-refractivity contribution in [1.29, 1.82) is 0 Å². The minimum Gasteiger partial charge on any atom is -0.593 e. The number of hydrogen-bond donors (Lipinski definition) is 1. The quantitative estimate of drug-likeness (QED) is 0.445. The molecule has 1 aromatic heterocycles. The van der Waals surface area contributed by atoms with Gasteiger partial charge in [-0.1, -0.05) is 17.7 Å². The Morgan fingerprint density at radius 3 is 2.67 bits per heavy atom. The summed E-state index contributed by atoms with van der Waals surface area (Å²) >= 11 is 4.86. The van der Waals surface area contributed by atoms with E-state index in [1.165, 1.54) is 29.2 Å². The topological polar surface area (TPSA) is 89.9 Å². The number of carbonyl (C=O) groups excluding carboxylic acids is 1. The molecule has 36 heavy (non-hydrogen) atoms. The molecule has 2 aromatic carbocycles. The Morgan fingerprint density at radius 1 is 1.19 bits per heavy atom. The molecule has 0 aliphatic carbocycles. The highest BCUT2D eigenvalue weighted by atomic mass is 35.5. The molecular formula is C24H23ClF2N4O4S. The number of nitrogens with one attached hydrogen (secondary N) is 1. The lowest BCUT2D eigenvalue weighted by Gasteiger charge is -2.19. The summed E-state index contributed by atoms with van der Waals surface area (Å²) in [7, 11) is 1.67. The molecule has 3 aromatic rings. The number of amides is 1. The number of carbonyl (C=O) groups is 1. The molecule has 0 radical (unpaired) electrons. The Morgan fingerprint density at radius 2 is 1.97 bits per heavy atom. The number of ether oxygens (including phenoxy) is 1. The van der Waals surface area contributed by atoms with Crippen LogP contribution in [0.5, 0.6) is 5.75 Å². The van der Waals surface area contributed by atoms with Crippen molar-refractivity contribution in [1.82, 2.24) is 9.88 Å². The molecule has 1 unspecified atom stereocenters. The fourth-order valence-electron chi connectivity index (χ4n) is 3.81. The average Bonchev–Trinajstić information content (AvgIpc) is 3.22. The molecule has 0 spiro atoms. The summed E-state index contributed by atoms with van der Waals surface area (Å²) in [4.78, 5) is 26.9. The van der Waals surface area contributed by atoms with Gasteiger partial charge >= 0.3 is 0 Å². The first-order valence-corrected chi connectivity index (χ1v) is 12.7. The molecule has 1 aliphatic rings. The largest absolute Gasteiger partial charge is 0.593 e. The summed E-state index contributed by atoms with van der Waals surface area (Å²) in [6.45, 7) is 0.233. The zero-order valence-electron chi connectivity index (χ0n) is 19.5. The third kappa shape index (κ3) is 5.34. The van der Waals surface area contributed by atoms with Crippen LogP contribution in [0.15, 0.2) is 53.5 Å². The van der Waals surface area contributed by atoms with Crippen LogP contribution in [0.3, 0.4) is 0 Å². The molecular weight excluding hydrogens is 514 g/mol. The van der Waals surface area contributed by atoms with E-state index in [1.807, 2.05) is 0 Å². The number of anilines is 2. The van der Waals surface area contributed by atoms with Crippen LogP contribution in [0.25, 0.3) is 0 Å². The van der Waals surface area contributed by atoms with Gasteiger partial charge in [0.15, 0.2) is 0 Å². The predicted octanol–water partition coefficient (Wildman–Crippen LogP) is 3.03. The van der Waals surface area contributed by atoms with E-state index in [1.54, 1.807) is 34.5 Å². The first-order valence-electron chi connectivity index (χ1n) is 10.8. The maximum Gasteiger partial charge on any atom is 0.273 e. The number of rotatable bonds is 8. The van der Waals surface area contributed by atoms with Crippen LogP contribution in [-0.4, -0.2) is 41.5 Å². The van der Waals surface area contributed by atoms with Crippen molar-refractivity contribution in [3.8, 4) is 5.75 Å². The third-order valence-corrected chi connectivity index (χ3v) is 6.91. The summed E-state index contributed by atoms with van der Waals surface area (Å²) in [5.41, 5.74) is 1.59. The summed E-state index contributed by atoms with van der Waals surface area (Å²) in [6.07, 6.45) is 3.03. The van der Waals surface area contributed by atoms with Crippen LogP contribution in [0.1, 0.15) is 11.1 Å². The molecule has 0 saturated heterocycles. The van der Waals surface area contributed by atoms with Gasteiger partial charge in [-0.3, -0.25) is 14.5 Å². The van der Waals surface area contributed by atoms with Crippen molar-refractivity contribution in [3.63, 3.8) is 0 Å². The SMILES string of the molecule is CNCC(=O)N1CN([S+](C)[O-])c2cc(Cn3ccc(OCc4ccc(F)cc4F)c(Cl)c3=O)ccc21. The first kappa shape index (κ1) is 26.0. The second-order valence-corrected chi connectivity index (χ2v) is 9.74. The number of nitrogens with zero attached hydrogens (tertiary/aromatic N) is 3. The monoisotopic (exact) mass is 536 g/mol. The van der Waals surface area contributed by atoms with Gasteiger partial charge in [0.1, 0.15) is 47.6 Å². The maximum atomic E-state index is 13.9. The molecule has 1 amide bonds. The van der Waals surface area contributed by atoms with Crippen molar-refractivity contribution in [2.75, 3.05) is 35.7 Å². The van der Waals surface area contributed by atoms with Gasteiger partial charge in [0, 0.05) is 17.8 Å². The standard InChI is InChI=1S/C24H23ClF2N4O4S/c1-28-11-22(32)30-14-31(36(2)34)20-9-15(3-6-19(20)30)12-29-8-7-21(23(25)24(29)33)35-13-16-4-5-17(26)10-18(16)27/h3-10,28H,11-14H2,1-2H3. The Hall–Kier alpha value is -3.12. The number of likely N-dealkylation sites (N-methyl/N-ethyl adjacent to an activating group) is 1. The number of halogens is 3. The molecule has 0 bridgehead atoms. The minimum absolute atomic E-state index is 0.0711. The van der Waals surface area contributed by atoms with E-state index >= 15 is 0 Å². The Labute approximate surface area is 214 Å². The maximum absolute atomic E-state index is 13.9. The number of hydrogen-bond acceptors (Lipinski definition) is 6. The number of benzene rings is 2. The van der Waals surface area contributed by atoms with E-state index < -0.39 is 28.6 Å². The van der Waals surface area contributed by atoms with Gasteiger partial charge in [-0.05, 0) is 42.9 Å². The van der Waals surface area contributed by atoms with E-state index in [9.17, 15) is 22.9 Å². The zero-order valence-corrected chi connectivity index (χ0v) is 21.0. The lowest BCUT2D eigenvalue weighted by molar-refractivity contribution is -0.117. The second-order valence-electron chi connectivity index (χ2n) is 8.07. The average molecular weight is 537 g/mol. The van der Waals surface area contributed by atoms with Gasteiger partial charge in [-0.25, -0.2) is 8.78 Å². The predicted molar refractivity (Wildman–Crippen MR) is 135 cm³/mol. The van der Waals surface area contributed by atoms with Crippen LogP contribution in [-0.2, 0) is 29.3 Å². The van der Waals surface area contributed by atoms with Crippen LogP contribution < -0.4 is 24.8 Å². The van der Waals surface area contributed by atoms with Gasteiger partial charge in [-0.15, -0.1) is 0 Å². The molecule has 1 N–H and O–H groups in total. The minimum atomic E-state index is -1.37. The molecule has 0 fully saturated rings. The summed E-state index contributed by atoms with van der Waals surface area (Å²) in [5.74, 6) is -1.54. The Kier molecular flexibility index (Phi) is 7.84. The summed E-state index contributed by atoms with van der Waals surface area (Å²) in [6, 6.07) is 9.93. The van der Waals surface area contributed by atoms with Crippen molar-refractivity contribution >= 4 is 40.2 Å². The number of aromatic nitrogens is 1. The van der Waals surface area contributed by atoms with Crippen molar-refractivity contribution in [2.45, 2.75) is 13.2 Å². The highest BCUT2D eigenvalue weighted by molar-refractivity contribution is 7.92. The highest BCUT2D eigenvalue weighted by Crippen LogP contribution is 2.38. The van der Waals surface area contributed by atoms with E-state index in [-0.39, 0.29) is 48.6 Å². The van der Waals surface area contributed by atoms with Crippen molar-refractivity contribution < 1.29 is 22.9 Å². The van der Waals surface area contributed by atoms with Gasteiger partial charge in [0.2, 0.25) is 5.91 Å². The fourth-order valence-corrected chi connectivity index (χ4v) is 4.74. The second kappa shape index (κ2) is 10.9. The molecule has 4 rings (SSSR count). The van der Waals surface area contributed by atoms with Crippen molar-refractivity contribution in [3.05, 3.63) is 86.8 Å². The van der Waals surface area contributed by atoms with E-state index in [0.717, 1.165) is 17.7 Å². The van der Waals surface area contributed by atoms with Crippen LogP contribution >= 0.6 is 11.6 Å². The van der Waals surface area contributed by atoms with E-state index in [2.05, 4.69) is 5.32 Å². The smallest absolute Gasteiger partial charge is 0.273 e. The molecule has 2 heterocycles. The molecule has 190 valence electrons. The lowest BCUT2D eigenvalue weighted by Crippen LogP contribution is -2.41. The van der Waals surface area contributed by atoms with E-state index in [4.69, 9.17) is 16.3 Å². The number of fused-ring (bicyclic) bond motifs is 1.